The number of hydrogen-bond donors (Lipinski definition) is 1. The second kappa shape index (κ2) is 4.28. The summed E-state index contributed by atoms with van der Waals surface area (Å²) < 4.78 is 0. The maximum Gasteiger partial charge on any atom is 0.0514 e. The van der Waals surface area contributed by atoms with E-state index in [1.807, 2.05) is 6.92 Å². The molecule has 0 aromatic carbocycles. The van der Waals surface area contributed by atoms with Gasteiger partial charge in [-0.2, -0.15) is 0 Å². The molecule has 0 amide bonds. The van der Waals surface area contributed by atoms with Crippen molar-refractivity contribution in [1.82, 2.24) is 0 Å². The Kier molecular flexibility index (Phi) is 4.41. The van der Waals surface area contributed by atoms with Crippen molar-refractivity contribution in [3.8, 4) is 0 Å². The van der Waals surface area contributed by atoms with Gasteiger partial charge in [-0.25, -0.2) is 0 Å². The number of hydrogen-bond acceptors (Lipinski definition) is 1. The predicted molar refractivity (Wildman–Crippen MR) is 66.9 cm³/mol. The van der Waals surface area contributed by atoms with Crippen LogP contribution in [0.3, 0.4) is 0 Å². The topological polar surface area (TPSA) is 20.2 Å². The summed E-state index contributed by atoms with van der Waals surface area (Å²) in [5.41, 5.74) is 0.583. The molecule has 3 heteroatoms. The highest BCUT2D eigenvalue weighted by Crippen LogP contribution is 2.34. The molecule has 1 nitrogen and oxygen atoms in total. The molecule has 0 saturated heterocycles. The molecule has 0 aliphatic heterocycles. The summed E-state index contributed by atoms with van der Waals surface area (Å²) >= 11 is 0. The second-order valence-corrected chi connectivity index (χ2v) is 17.5. The van der Waals surface area contributed by atoms with Crippen LogP contribution in [0.2, 0.25) is 50.9 Å². The van der Waals surface area contributed by atoms with Gasteiger partial charge in [-0.05, 0) is 12.5 Å². The Morgan fingerprint density at radius 2 is 1.38 bits per heavy atom. The lowest BCUT2D eigenvalue weighted by Gasteiger charge is -2.35. The molecule has 2 atom stereocenters. The first-order chi connectivity index (χ1) is 5.54. The Bertz CT molecular complexity index is 153. The van der Waals surface area contributed by atoms with Gasteiger partial charge in [0.05, 0.1) is 6.10 Å². The maximum absolute atomic E-state index is 9.77. The lowest BCUT2D eigenvalue weighted by atomic mass is 10.3. The zero-order chi connectivity index (χ0) is 10.9. The largest absolute Gasteiger partial charge is 0.393 e. The average molecular weight is 218 g/mol. The molecule has 0 aromatic heterocycles. The van der Waals surface area contributed by atoms with Gasteiger partial charge in [0.25, 0.3) is 0 Å². The minimum Gasteiger partial charge on any atom is -0.393 e. The Balaban J connectivity index is 4.47. The van der Waals surface area contributed by atoms with Gasteiger partial charge in [0.1, 0.15) is 0 Å². The summed E-state index contributed by atoms with van der Waals surface area (Å²) in [6.07, 6.45) is -0.113. The first-order valence-electron chi connectivity index (χ1n) is 5.22. The van der Waals surface area contributed by atoms with Crippen molar-refractivity contribution in [1.29, 1.82) is 0 Å². The summed E-state index contributed by atoms with van der Waals surface area (Å²) in [6.45, 7) is 16.2. The van der Waals surface area contributed by atoms with Crippen LogP contribution < -0.4 is 0 Å². The van der Waals surface area contributed by atoms with Crippen molar-refractivity contribution in [2.45, 2.75) is 63.9 Å². The summed E-state index contributed by atoms with van der Waals surface area (Å²) in [7, 11) is -2.19. The zero-order valence-electron chi connectivity index (χ0n) is 10.3. The normalized spacial score (nSPS) is 18.5. The van der Waals surface area contributed by atoms with Gasteiger partial charge in [0.2, 0.25) is 0 Å². The Hall–Kier alpha value is 0.394. The third-order valence-electron chi connectivity index (χ3n) is 2.53. The van der Waals surface area contributed by atoms with E-state index in [-0.39, 0.29) is 6.10 Å². The van der Waals surface area contributed by atoms with Crippen LogP contribution in [-0.4, -0.2) is 27.4 Å². The predicted octanol–water partition coefficient (Wildman–Crippen LogP) is 3.41. The van der Waals surface area contributed by atoms with Crippen molar-refractivity contribution in [3.63, 3.8) is 0 Å². The molecule has 0 heterocycles. The van der Waals surface area contributed by atoms with Crippen LogP contribution in [0.4, 0.5) is 0 Å². The molecule has 0 aromatic rings. The Morgan fingerprint density at radius 3 is 1.46 bits per heavy atom. The zero-order valence-corrected chi connectivity index (χ0v) is 12.3. The second-order valence-electron chi connectivity index (χ2n) is 6.48. The van der Waals surface area contributed by atoms with Crippen molar-refractivity contribution in [3.05, 3.63) is 0 Å². The lowest BCUT2D eigenvalue weighted by molar-refractivity contribution is 0.187. The Labute approximate surface area is 85.6 Å². The van der Waals surface area contributed by atoms with Crippen LogP contribution in [0.15, 0.2) is 0 Å². The van der Waals surface area contributed by atoms with E-state index in [9.17, 15) is 5.11 Å². The third kappa shape index (κ3) is 5.65. The van der Waals surface area contributed by atoms with E-state index < -0.39 is 16.1 Å². The van der Waals surface area contributed by atoms with Gasteiger partial charge < -0.3 is 5.11 Å². The van der Waals surface area contributed by atoms with Crippen molar-refractivity contribution >= 4 is 16.1 Å². The van der Waals surface area contributed by atoms with Crippen LogP contribution in [0.5, 0.6) is 0 Å². The summed E-state index contributed by atoms with van der Waals surface area (Å²) in [5, 5.41) is 9.77. The van der Waals surface area contributed by atoms with Crippen LogP contribution >= 0.6 is 0 Å². The quantitative estimate of drug-likeness (QED) is 0.717. The SMILES string of the molecule is C[C@H](O)[C@@H](C[Si](C)(C)C)[Si](C)(C)C. The summed E-state index contributed by atoms with van der Waals surface area (Å²) in [5.74, 6) is 0. The molecule has 0 unspecified atom stereocenters. The summed E-state index contributed by atoms with van der Waals surface area (Å²) in [6, 6.07) is 1.28. The lowest BCUT2D eigenvalue weighted by Crippen LogP contribution is -2.39. The molecule has 0 fully saturated rings. The van der Waals surface area contributed by atoms with Crippen LogP contribution in [0, 0.1) is 0 Å². The van der Waals surface area contributed by atoms with E-state index in [4.69, 9.17) is 0 Å². The monoisotopic (exact) mass is 218 g/mol. The highest BCUT2D eigenvalue weighted by molar-refractivity contribution is 6.82. The molecule has 0 saturated carbocycles. The molecule has 0 rings (SSSR count). The molecule has 0 aliphatic rings. The molecule has 0 spiro atoms. The molecule has 0 radical (unpaired) electrons. The van der Waals surface area contributed by atoms with Gasteiger partial charge in [-0.15, -0.1) is 0 Å². The molecule has 0 bridgehead atoms. The fraction of sp³-hybridized carbons (Fsp3) is 1.00. The van der Waals surface area contributed by atoms with Crippen molar-refractivity contribution < 1.29 is 5.11 Å². The van der Waals surface area contributed by atoms with Crippen LogP contribution in [0.1, 0.15) is 6.92 Å². The summed E-state index contributed by atoms with van der Waals surface area (Å²) in [4.78, 5) is 0. The first-order valence-corrected chi connectivity index (χ1v) is 12.5. The molecular weight excluding hydrogens is 192 g/mol. The van der Waals surface area contributed by atoms with Crippen LogP contribution in [-0.2, 0) is 0 Å². The highest BCUT2D eigenvalue weighted by Gasteiger charge is 2.34. The average Bonchev–Trinajstić information content (AvgIpc) is 1.77. The fourth-order valence-corrected chi connectivity index (χ4v) is 9.25. The molecule has 80 valence electrons. The van der Waals surface area contributed by atoms with E-state index in [1.165, 1.54) is 6.04 Å². The van der Waals surface area contributed by atoms with Gasteiger partial charge in [0.15, 0.2) is 0 Å². The van der Waals surface area contributed by atoms with Crippen molar-refractivity contribution in [2.75, 3.05) is 0 Å². The third-order valence-corrected chi connectivity index (χ3v) is 7.51. The van der Waals surface area contributed by atoms with E-state index in [0.717, 1.165) is 0 Å². The van der Waals surface area contributed by atoms with E-state index >= 15 is 0 Å². The highest BCUT2D eigenvalue weighted by atomic mass is 28.3. The number of aliphatic hydroxyl groups is 1. The number of aliphatic hydroxyl groups excluding tert-OH is 1. The number of rotatable bonds is 4. The first kappa shape index (κ1) is 13.4. The van der Waals surface area contributed by atoms with Gasteiger partial charge in [-0.1, -0.05) is 45.3 Å². The molecule has 0 aliphatic carbocycles. The van der Waals surface area contributed by atoms with E-state index in [1.54, 1.807) is 0 Å². The van der Waals surface area contributed by atoms with Crippen molar-refractivity contribution in [2.24, 2.45) is 0 Å². The standard InChI is InChI=1S/C10H26OSi2/c1-9(11)10(13(5,6)7)8-12(2,3)4/h9-11H,8H2,1-7H3/t9-,10+/m0/s1. The maximum atomic E-state index is 9.77. The fourth-order valence-electron chi connectivity index (χ4n) is 1.86. The van der Waals surface area contributed by atoms with Gasteiger partial charge in [-0.3, -0.25) is 0 Å². The van der Waals surface area contributed by atoms with E-state index in [2.05, 4.69) is 39.3 Å². The Morgan fingerprint density at radius 1 is 1.00 bits per heavy atom. The minimum atomic E-state index is -1.17. The minimum absolute atomic E-state index is 0.113. The van der Waals surface area contributed by atoms with Crippen LogP contribution in [0.25, 0.3) is 0 Å². The van der Waals surface area contributed by atoms with Gasteiger partial charge >= 0.3 is 0 Å². The molecular formula is C10H26OSi2. The molecule has 13 heavy (non-hydrogen) atoms. The van der Waals surface area contributed by atoms with Gasteiger partial charge in [0, 0.05) is 16.1 Å². The van der Waals surface area contributed by atoms with E-state index in [0.29, 0.717) is 5.54 Å². The smallest absolute Gasteiger partial charge is 0.0514 e. The molecule has 1 N–H and O–H groups in total.